The average molecular weight is 235 g/mol. The topological polar surface area (TPSA) is 59.3 Å². The largest absolute Gasteiger partial charge is 0.477 e. The van der Waals surface area contributed by atoms with Gasteiger partial charge in [-0.25, -0.2) is 9.18 Å². The highest BCUT2D eigenvalue weighted by Crippen LogP contribution is 2.19. The molecule has 0 fully saturated rings. The van der Waals surface area contributed by atoms with Crippen molar-refractivity contribution in [2.75, 3.05) is 0 Å². The van der Waals surface area contributed by atoms with E-state index in [2.05, 4.69) is 0 Å². The minimum absolute atomic E-state index is 0.272. The van der Waals surface area contributed by atoms with Crippen LogP contribution in [0.3, 0.4) is 0 Å². The Balaban J connectivity index is 3.05. The molecule has 1 heterocycles. The number of halogens is 1. The molecule has 1 aromatic heterocycles. The van der Waals surface area contributed by atoms with E-state index in [4.69, 9.17) is 5.11 Å². The van der Waals surface area contributed by atoms with Crippen LogP contribution in [0.25, 0.3) is 10.9 Å². The van der Waals surface area contributed by atoms with Gasteiger partial charge >= 0.3 is 5.97 Å². The van der Waals surface area contributed by atoms with Crippen LogP contribution in [0, 0.1) is 12.7 Å². The highest BCUT2D eigenvalue weighted by atomic mass is 19.1. The Kier molecular flexibility index (Phi) is 2.46. The van der Waals surface area contributed by atoms with E-state index in [-0.39, 0.29) is 5.56 Å². The van der Waals surface area contributed by atoms with Gasteiger partial charge in [0.2, 0.25) is 0 Å². The lowest BCUT2D eigenvalue weighted by Crippen LogP contribution is -2.26. The van der Waals surface area contributed by atoms with Crippen LogP contribution >= 0.6 is 0 Å². The van der Waals surface area contributed by atoms with Crippen LogP contribution in [0.4, 0.5) is 4.39 Å². The Morgan fingerprint density at radius 2 is 2.06 bits per heavy atom. The van der Waals surface area contributed by atoms with Gasteiger partial charge in [0, 0.05) is 12.4 Å². The fourth-order valence-electron chi connectivity index (χ4n) is 1.92. The lowest BCUT2D eigenvalue weighted by molar-refractivity contribution is 0.0694. The molecule has 17 heavy (non-hydrogen) atoms. The number of carboxylic acids is 1. The second-order valence-corrected chi connectivity index (χ2v) is 3.83. The minimum Gasteiger partial charge on any atom is -0.477 e. The number of hydrogen-bond acceptors (Lipinski definition) is 2. The summed E-state index contributed by atoms with van der Waals surface area (Å²) in [6, 6.07) is 3.94. The lowest BCUT2D eigenvalue weighted by Gasteiger charge is -2.10. The quantitative estimate of drug-likeness (QED) is 0.818. The van der Waals surface area contributed by atoms with Gasteiger partial charge in [-0.15, -0.1) is 0 Å². The van der Waals surface area contributed by atoms with Crippen molar-refractivity contribution in [1.82, 2.24) is 4.57 Å². The third kappa shape index (κ3) is 1.60. The first-order chi connectivity index (χ1) is 7.93. The van der Waals surface area contributed by atoms with Gasteiger partial charge in [-0.1, -0.05) is 0 Å². The standard InChI is InChI=1S/C12H10FNO3/c1-6-8-4-3-7(13)5-9(8)14(2)11(15)10(6)12(16)17/h3-5H,1-2H3,(H,16,17). The van der Waals surface area contributed by atoms with E-state index in [0.717, 1.165) is 4.57 Å². The molecule has 0 saturated heterocycles. The summed E-state index contributed by atoms with van der Waals surface area (Å²) >= 11 is 0. The van der Waals surface area contributed by atoms with Gasteiger partial charge in [-0.3, -0.25) is 4.79 Å². The van der Waals surface area contributed by atoms with Gasteiger partial charge in [0.15, 0.2) is 0 Å². The number of benzene rings is 1. The van der Waals surface area contributed by atoms with Gasteiger partial charge in [0.1, 0.15) is 11.4 Å². The van der Waals surface area contributed by atoms with Crippen molar-refractivity contribution < 1.29 is 14.3 Å². The predicted molar refractivity (Wildman–Crippen MR) is 60.8 cm³/mol. The zero-order chi connectivity index (χ0) is 12.7. The molecular weight excluding hydrogens is 225 g/mol. The monoisotopic (exact) mass is 235 g/mol. The number of aryl methyl sites for hydroxylation is 2. The zero-order valence-corrected chi connectivity index (χ0v) is 9.32. The SMILES string of the molecule is Cc1c(C(=O)O)c(=O)n(C)c2cc(F)ccc12. The Hall–Kier alpha value is -2.17. The van der Waals surface area contributed by atoms with Crippen LogP contribution in [-0.4, -0.2) is 15.6 Å². The van der Waals surface area contributed by atoms with Crippen LogP contribution < -0.4 is 5.56 Å². The highest BCUT2D eigenvalue weighted by Gasteiger charge is 2.17. The molecular formula is C12H10FNO3. The third-order valence-electron chi connectivity index (χ3n) is 2.83. The van der Waals surface area contributed by atoms with Gasteiger partial charge in [-0.2, -0.15) is 0 Å². The molecule has 0 aliphatic rings. The summed E-state index contributed by atoms with van der Waals surface area (Å²) in [4.78, 5) is 22.8. The van der Waals surface area contributed by atoms with Crippen LogP contribution in [0.15, 0.2) is 23.0 Å². The molecule has 4 nitrogen and oxygen atoms in total. The summed E-state index contributed by atoms with van der Waals surface area (Å²) in [5.41, 5.74) is -0.159. The van der Waals surface area contributed by atoms with E-state index in [0.29, 0.717) is 16.5 Å². The van der Waals surface area contributed by atoms with E-state index in [1.807, 2.05) is 0 Å². The molecule has 0 amide bonds. The van der Waals surface area contributed by atoms with E-state index >= 15 is 0 Å². The number of nitrogens with zero attached hydrogens (tertiary/aromatic N) is 1. The molecule has 1 N–H and O–H groups in total. The van der Waals surface area contributed by atoms with Crippen LogP contribution in [0.2, 0.25) is 0 Å². The van der Waals surface area contributed by atoms with Gasteiger partial charge in [0.25, 0.3) is 5.56 Å². The molecule has 5 heteroatoms. The number of pyridine rings is 1. The maximum absolute atomic E-state index is 13.1. The van der Waals surface area contributed by atoms with Crippen LogP contribution in [-0.2, 0) is 7.05 Å². The Labute approximate surface area is 95.9 Å². The van der Waals surface area contributed by atoms with Crippen LogP contribution in [0.5, 0.6) is 0 Å². The fourth-order valence-corrected chi connectivity index (χ4v) is 1.92. The van der Waals surface area contributed by atoms with Crippen molar-refractivity contribution in [1.29, 1.82) is 0 Å². The molecule has 0 bridgehead atoms. The lowest BCUT2D eigenvalue weighted by atomic mass is 10.0. The normalized spacial score (nSPS) is 10.8. The Bertz CT molecular complexity index is 688. The molecule has 88 valence electrons. The Morgan fingerprint density at radius 1 is 1.41 bits per heavy atom. The summed E-state index contributed by atoms with van der Waals surface area (Å²) in [5, 5.41) is 9.56. The first-order valence-electron chi connectivity index (χ1n) is 4.95. The average Bonchev–Trinajstić information content (AvgIpc) is 2.25. The van der Waals surface area contributed by atoms with Gasteiger partial charge in [-0.05, 0) is 30.7 Å². The minimum atomic E-state index is -1.27. The third-order valence-corrected chi connectivity index (χ3v) is 2.83. The van der Waals surface area contributed by atoms with Gasteiger partial charge < -0.3 is 9.67 Å². The molecule has 2 aromatic rings. The number of aromatic nitrogens is 1. The first kappa shape index (κ1) is 11.3. The number of carbonyl (C=O) groups is 1. The van der Waals surface area contributed by atoms with Gasteiger partial charge in [0.05, 0.1) is 5.52 Å². The zero-order valence-electron chi connectivity index (χ0n) is 9.32. The molecule has 0 aliphatic carbocycles. The molecule has 2 rings (SSSR count). The first-order valence-corrected chi connectivity index (χ1v) is 4.95. The van der Waals surface area contributed by atoms with Crippen LogP contribution in [0.1, 0.15) is 15.9 Å². The summed E-state index contributed by atoms with van der Waals surface area (Å²) in [7, 11) is 1.43. The maximum Gasteiger partial charge on any atom is 0.341 e. The van der Waals surface area contributed by atoms with Crippen molar-refractivity contribution in [3.63, 3.8) is 0 Å². The smallest absolute Gasteiger partial charge is 0.341 e. The predicted octanol–water partition coefficient (Wildman–Crippen LogP) is 1.68. The van der Waals surface area contributed by atoms with Crippen molar-refractivity contribution in [2.45, 2.75) is 6.92 Å². The molecule has 0 saturated carbocycles. The summed E-state index contributed by atoms with van der Waals surface area (Å²) in [5.74, 6) is -1.73. The number of carboxylic acid groups (broad SMARTS) is 1. The van der Waals surface area contributed by atoms with Crippen molar-refractivity contribution >= 4 is 16.9 Å². The fraction of sp³-hybridized carbons (Fsp3) is 0.167. The molecule has 1 aromatic carbocycles. The van der Waals surface area contributed by atoms with E-state index < -0.39 is 17.3 Å². The molecule has 0 unspecified atom stereocenters. The summed E-state index contributed by atoms with van der Waals surface area (Å²) < 4.78 is 14.3. The molecule has 0 aliphatic heterocycles. The number of hydrogen-bond donors (Lipinski definition) is 1. The number of fused-ring (bicyclic) bond motifs is 1. The molecule has 0 spiro atoms. The van der Waals surface area contributed by atoms with Crippen molar-refractivity contribution in [3.05, 3.63) is 45.5 Å². The second kappa shape index (κ2) is 3.69. The second-order valence-electron chi connectivity index (χ2n) is 3.83. The summed E-state index contributed by atoms with van der Waals surface area (Å²) in [6.07, 6.45) is 0. The Morgan fingerprint density at radius 3 is 2.65 bits per heavy atom. The van der Waals surface area contributed by atoms with E-state index in [1.54, 1.807) is 6.92 Å². The molecule has 0 atom stereocenters. The van der Waals surface area contributed by atoms with E-state index in [9.17, 15) is 14.0 Å². The highest BCUT2D eigenvalue weighted by molar-refractivity contribution is 5.95. The number of rotatable bonds is 1. The van der Waals surface area contributed by atoms with Crippen molar-refractivity contribution in [2.24, 2.45) is 7.05 Å². The van der Waals surface area contributed by atoms with Crippen molar-refractivity contribution in [3.8, 4) is 0 Å². The number of aromatic carboxylic acids is 1. The maximum atomic E-state index is 13.1. The molecule has 0 radical (unpaired) electrons. The van der Waals surface area contributed by atoms with E-state index in [1.165, 1.54) is 25.2 Å². The summed E-state index contributed by atoms with van der Waals surface area (Å²) in [6.45, 7) is 1.55.